The minimum Gasteiger partial charge on any atom is -0.373 e. The van der Waals surface area contributed by atoms with Gasteiger partial charge in [-0.3, -0.25) is 4.79 Å². The van der Waals surface area contributed by atoms with Crippen LogP contribution in [0.3, 0.4) is 0 Å². The Balaban J connectivity index is 3.61. The number of ether oxygens (including phenoxy) is 1. The number of carbonyl (C=O) groups excluding carboxylic acids is 2. The Bertz CT molecular complexity index is 200. The Morgan fingerprint density at radius 2 is 2.08 bits per heavy atom. The summed E-state index contributed by atoms with van der Waals surface area (Å²) in [6.07, 6.45) is 0. The van der Waals surface area contributed by atoms with Crippen LogP contribution in [-0.4, -0.2) is 25.6 Å². The molecule has 5 nitrogen and oxygen atoms in total. The van der Waals surface area contributed by atoms with Gasteiger partial charge in [-0.15, -0.1) is 0 Å². The zero-order valence-corrected chi connectivity index (χ0v) is 7.05. The van der Waals surface area contributed by atoms with Crippen molar-refractivity contribution in [3.63, 3.8) is 0 Å². The lowest BCUT2D eigenvalue weighted by Crippen LogP contribution is -2.28. The molecule has 0 aromatic rings. The van der Waals surface area contributed by atoms with E-state index >= 15 is 0 Å². The van der Waals surface area contributed by atoms with Crippen molar-refractivity contribution in [2.75, 3.05) is 13.7 Å². The fraction of sp³-hybridized carbons (Fsp3) is 0.429. The fourth-order valence-electron chi connectivity index (χ4n) is 0.338. The Kier molecular flexibility index (Phi) is 4.71. The number of nitrogens with one attached hydrogen (secondary N) is 1. The minimum absolute atomic E-state index is 0.198. The molecule has 0 heterocycles. The van der Waals surface area contributed by atoms with Crippen molar-refractivity contribution in [2.45, 2.75) is 6.92 Å². The summed E-state index contributed by atoms with van der Waals surface area (Å²) < 4.78 is 4.45. The minimum atomic E-state index is -0.660. The van der Waals surface area contributed by atoms with E-state index in [1.807, 2.05) is 5.48 Å². The van der Waals surface area contributed by atoms with Gasteiger partial charge >= 0.3 is 5.97 Å². The van der Waals surface area contributed by atoms with E-state index in [0.717, 1.165) is 0 Å². The maximum Gasteiger partial charge on any atom is 0.357 e. The molecule has 68 valence electrons. The van der Waals surface area contributed by atoms with Crippen molar-refractivity contribution in [3.8, 4) is 0 Å². The molecule has 0 aliphatic carbocycles. The number of amides is 1. The van der Waals surface area contributed by atoms with Gasteiger partial charge in [-0.1, -0.05) is 6.58 Å². The normalized spacial score (nSPS) is 8.83. The number of hydroxylamine groups is 1. The average molecular weight is 173 g/mol. The third-order valence-electron chi connectivity index (χ3n) is 0.907. The Morgan fingerprint density at radius 1 is 1.50 bits per heavy atom. The molecule has 1 N–H and O–H groups in total. The van der Waals surface area contributed by atoms with Crippen LogP contribution in [0, 0.1) is 0 Å². The van der Waals surface area contributed by atoms with Crippen molar-refractivity contribution in [1.29, 1.82) is 0 Å². The van der Waals surface area contributed by atoms with Crippen molar-refractivity contribution in [2.24, 2.45) is 0 Å². The standard InChI is InChI=1S/C7H11NO4/c1-5(2)7(10)8-12-6(9)4-11-3/h1,4H2,2-3H3,(H,8,10). The molecule has 5 heteroatoms. The van der Waals surface area contributed by atoms with E-state index in [1.54, 1.807) is 0 Å². The average Bonchev–Trinajstić information content (AvgIpc) is 2.00. The lowest BCUT2D eigenvalue weighted by atomic mass is 10.3. The van der Waals surface area contributed by atoms with Gasteiger partial charge in [0.1, 0.15) is 6.61 Å². The lowest BCUT2D eigenvalue weighted by molar-refractivity contribution is -0.160. The first-order valence-electron chi connectivity index (χ1n) is 3.22. The fourth-order valence-corrected chi connectivity index (χ4v) is 0.338. The summed E-state index contributed by atoms with van der Waals surface area (Å²) in [5, 5.41) is 0. The van der Waals surface area contributed by atoms with Crippen LogP contribution in [0.15, 0.2) is 12.2 Å². The first kappa shape index (κ1) is 10.6. The largest absolute Gasteiger partial charge is 0.373 e. The van der Waals surface area contributed by atoms with Crippen molar-refractivity contribution in [1.82, 2.24) is 5.48 Å². The van der Waals surface area contributed by atoms with Crippen molar-refractivity contribution >= 4 is 11.9 Å². The van der Waals surface area contributed by atoms with Crippen LogP contribution in [0.2, 0.25) is 0 Å². The summed E-state index contributed by atoms with van der Waals surface area (Å²) in [6.45, 7) is 4.65. The molecule has 12 heavy (non-hydrogen) atoms. The van der Waals surface area contributed by atoms with Gasteiger partial charge in [-0.25, -0.2) is 4.79 Å². The third kappa shape index (κ3) is 4.45. The highest BCUT2D eigenvalue weighted by Gasteiger charge is 2.05. The Hall–Kier alpha value is -1.36. The second-order valence-corrected chi connectivity index (χ2v) is 2.12. The molecule has 0 aromatic heterocycles. The molecule has 0 rings (SSSR count). The van der Waals surface area contributed by atoms with E-state index in [2.05, 4.69) is 16.2 Å². The number of hydrogen-bond donors (Lipinski definition) is 1. The molecule has 0 unspecified atom stereocenters. The van der Waals surface area contributed by atoms with E-state index < -0.39 is 11.9 Å². The predicted octanol–water partition coefficient (Wildman–Crippen LogP) is -0.217. The van der Waals surface area contributed by atoms with Crippen LogP contribution in [0.5, 0.6) is 0 Å². The van der Waals surface area contributed by atoms with Crippen LogP contribution < -0.4 is 5.48 Å². The second-order valence-electron chi connectivity index (χ2n) is 2.12. The van der Waals surface area contributed by atoms with Gasteiger partial charge in [0.15, 0.2) is 0 Å². The molecule has 0 spiro atoms. The lowest BCUT2D eigenvalue weighted by Gasteiger charge is -2.03. The first-order valence-corrected chi connectivity index (χ1v) is 3.22. The van der Waals surface area contributed by atoms with Gasteiger partial charge in [0.2, 0.25) is 0 Å². The summed E-state index contributed by atoms with van der Waals surface area (Å²) in [7, 11) is 1.35. The van der Waals surface area contributed by atoms with Gasteiger partial charge in [0.05, 0.1) is 0 Å². The molecule has 0 aliphatic rings. The Morgan fingerprint density at radius 3 is 2.50 bits per heavy atom. The molecule has 0 saturated heterocycles. The van der Waals surface area contributed by atoms with Crippen molar-refractivity contribution in [3.05, 3.63) is 12.2 Å². The van der Waals surface area contributed by atoms with Gasteiger partial charge in [0.25, 0.3) is 5.91 Å². The maximum absolute atomic E-state index is 10.7. The topological polar surface area (TPSA) is 64.6 Å². The molecule has 0 atom stereocenters. The van der Waals surface area contributed by atoms with Gasteiger partial charge < -0.3 is 9.57 Å². The highest BCUT2D eigenvalue weighted by Crippen LogP contribution is 1.85. The van der Waals surface area contributed by atoms with E-state index in [9.17, 15) is 9.59 Å². The molecule has 0 bridgehead atoms. The summed E-state index contributed by atoms with van der Waals surface area (Å²) in [5.41, 5.74) is 2.16. The zero-order chi connectivity index (χ0) is 9.56. The Labute approximate surface area is 70.3 Å². The number of rotatable bonds is 3. The summed E-state index contributed by atoms with van der Waals surface area (Å²) >= 11 is 0. The summed E-state index contributed by atoms with van der Waals surface area (Å²) in [4.78, 5) is 25.6. The highest BCUT2D eigenvalue weighted by molar-refractivity contribution is 5.92. The van der Waals surface area contributed by atoms with Gasteiger partial charge in [-0.05, 0) is 6.92 Å². The monoisotopic (exact) mass is 173 g/mol. The highest BCUT2D eigenvalue weighted by atomic mass is 16.7. The second kappa shape index (κ2) is 5.31. The van der Waals surface area contributed by atoms with E-state index in [-0.39, 0.29) is 12.2 Å². The van der Waals surface area contributed by atoms with Crippen LogP contribution in [0.1, 0.15) is 6.92 Å². The maximum atomic E-state index is 10.7. The zero-order valence-electron chi connectivity index (χ0n) is 7.05. The third-order valence-corrected chi connectivity index (χ3v) is 0.907. The molecule has 0 radical (unpaired) electrons. The van der Waals surface area contributed by atoms with E-state index in [0.29, 0.717) is 0 Å². The molecule has 0 fully saturated rings. The van der Waals surface area contributed by atoms with E-state index in [4.69, 9.17) is 0 Å². The molecular weight excluding hydrogens is 162 g/mol. The number of methoxy groups -OCH3 is 1. The van der Waals surface area contributed by atoms with Crippen molar-refractivity contribution < 1.29 is 19.2 Å². The first-order chi connectivity index (χ1) is 5.57. The molecular formula is C7H11NO4. The van der Waals surface area contributed by atoms with Crippen LogP contribution in [0.25, 0.3) is 0 Å². The van der Waals surface area contributed by atoms with Crippen LogP contribution >= 0.6 is 0 Å². The SMILES string of the molecule is C=C(C)C(=O)NOC(=O)COC. The molecule has 1 amide bonds. The molecule has 0 aliphatic heterocycles. The van der Waals surface area contributed by atoms with Gasteiger partial charge in [-0.2, -0.15) is 5.48 Å². The predicted molar refractivity (Wildman–Crippen MR) is 40.9 cm³/mol. The number of carbonyl (C=O) groups is 2. The summed E-state index contributed by atoms with van der Waals surface area (Å²) in [5.74, 6) is -1.19. The quantitative estimate of drug-likeness (QED) is 0.473. The van der Waals surface area contributed by atoms with Crippen LogP contribution in [-0.2, 0) is 19.2 Å². The number of hydrogen-bond acceptors (Lipinski definition) is 4. The van der Waals surface area contributed by atoms with Gasteiger partial charge in [0, 0.05) is 12.7 Å². The smallest absolute Gasteiger partial charge is 0.357 e. The molecule has 0 aromatic carbocycles. The van der Waals surface area contributed by atoms with E-state index in [1.165, 1.54) is 14.0 Å². The summed E-state index contributed by atoms with van der Waals surface area (Å²) in [6, 6.07) is 0. The van der Waals surface area contributed by atoms with Crippen LogP contribution in [0.4, 0.5) is 0 Å². The molecule has 0 saturated carbocycles.